The normalized spacial score (nSPS) is 12.1. The van der Waals surface area contributed by atoms with Crippen LogP contribution in [0.25, 0.3) is 0 Å². The molecule has 2 aromatic rings. The molecule has 0 aliphatic rings. The van der Waals surface area contributed by atoms with Crippen LogP contribution in [-0.4, -0.2) is 18.9 Å². The molecule has 0 heterocycles. The predicted molar refractivity (Wildman–Crippen MR) is 118 cm³/mol. The Bertz CT molecular complexity index is 935. The Hall–Kier alpha value is -2.18. The van der Waals surface area contributed by atoms with E-state index in [1.807, 2.05) is 0 Å². The lowest BCUT2D eigenvalue weighted by molar-refractivity contribution is -0.116. The van der Waals surface area contributed by atoms with E-state index in [0.717, 1.165) is 16.7 Å². The molecule has 0 fully saturated rings. The van der Waals surface area contributed by atoms with E-state index in [1.54, 1.807) is 18.2 Å². The maximum absolute atomic E-state index is 13.1. The number of hydrogen-bond acceptors (Lipinski definition) is 3. The van der Waals surface area contributed by atoms with Gasteiger partial charge in [0.25, 0.3) is 0 Å². The summed E-state index contributed by atoms with van der Waals surface area (Å²) in [6, 6.07) is 12.2. The zero-order valence-electron chi connectivity index (χ0n) is 18.0. The van der Waals surface area contributed by atoms with Crippen molar-refractivity contribution in [3.05, 3.63) is 64.7 Å². The van der Waals surface area contributed by atoms with Crippen LogP contribution < -0.4 is 4.31 Å². The molecule has 6 heteroatoms. The maximum Gasteiger partial charge on any atom is 0.366 e. The molecule has 0 aliphatic heterocycles. The lowest BCUT2D eigenvalue weighted by Crippen LogP contribution is -2.38. The van der Waals surface area contributed by atoms with Gasteiger partial charge >= 0.3 is 10.3 Å². The fourth-order valence-electron chi connectivity index (χ4n) is 3.50. The molecule has 1 N–H and O–H groups in total. The van der Waals surface area contributed by atoms with Gasteiger partial charge in [-0.05, 0) is 52.1 Å². The molecule has 0 radical (unpaired) electrons. The van der Waals surface area contributed by atoms with Crippen LogP contribution in [0, 0.1) is 0 Å². The number of carbonyl (C=O) groups excluding carboxylic acids is 1. The second-order valence-corrected chi connectivity index (χ2v) is 9.55. The summed E-state index contributed by atoms with van der Waals surface area (Å²) in [5, 5.41) is 0. The fourth-order valence-corrected chi connectivity index (χ4v) is 4.21. The van der Waals surface area contributed by atoms with Crippen molar-refractivity contribution in [2.45, 2.75) is 65.7 Å². The van der Waals surface area contributed by atoms with Crippen LogP contribution in [0.1, 0.15) is 81.5 Å². The van der Waals surface area contributed by atoms with Gasteiger partial charge < -0.3 is 0 Å². The molecule has 0 bridgehead atoms. The van der Waals surface area contributed by atoms with Crippen molar-refractivity contribution >= 4 is 21.9 Å². The van der Waals surface area contributed by atoms with Gasteiger partial charge in [-0.1, -0.05) is 71.9 Å². The smallest absolute Gasteiger partial charge is 0.273 e. The zero-order valence-corrected chi connectivity index (χ0v) is 18.8. The van der Waals surface area contributed by atoms with Gasteiger partial charge in [0.15, 0.2) is 0 Å². The molecular weight excluding hydrogens is 386 g/mol. The average Bonchev–Trinajstić information content (AvgIpc) is 2.60. The molecule has 158 valence electrons. The molecule has 0 unspecified atom stereocenters. The highest BCUT2D eigenvalue weighted by molar-refractivity contribution is 7.88. The lowest BCUT2D eigenvalue weighted by atomic mass is 9.83. The summed E-state index contributed by atoms with van der Waals surface area (Å²) in [5.74, 6) is 0.00278. The van der Waals surface area contributed by atoms with Gasteiger partial charge in [-0.25, -0.2) is 0 Å². The summed E-state index contributed by atoms with van der Waals surface area (Å²) in [4.78, 5) is 13.1. The van der Waals surface area contributed by atoms with Crippen LogP contribution in [0.3, 0.4) is 0 Å². The third-order valence-corrected chi connectivity index (χ3v) is 5.90. The van der Waals surface area contributed by atoms with E-state index in [4.69, 9.17) is 0 Å². The molecule has 5 nitrogen and oxygen atoms in total. The molecule has 2 rings (SSSR count). The van der Waals surface area contributed by atoms with Crippen LogP contribution in [-0.2, 0) is 21.5 Å². The van der Waals surface area contributed by atoms with Gasteiger partial charge in [0.05, 0.1) is 12.1 Å². The Kier molecular flexibility index (Phi) is 7.25. The summed E-state index contributed by atoms with van der Waals surface area (Å²) >= 11 is 0. The highest BCUT2D eigenvalue weighted by atomic mass is 32.2. The monoisotopic (exact) mass is 417 g/mol. The quantitative estimate of drug-likeness (QED) is 0.609. The van der Waals surface area contributed by atoms with E-state index in [0.29, 0.717) is 10.2 Å². The fraction of sp³-hybridized carbons (Fsp3) is 0.435. The van der Waals surface area contributed by atoms with Crippen molar-refractivity contribution < 1.29 is 17.8 Å². The molecule has 2 aromatic carbocycles. The van der Waals surface area contributed by atoms with Crippen LogP contribution in [0.4, 0.5) is 5.69 Å². The first-order valence-electron chi connectivity index (χ1n) is 9.95. The van der Waals surface area contributed by atoms with Gasteiger partial charge in [0.2, 0.25) is 5.91 Å². The first-order chi connectivity index (χ1) is 13.4. The number of nitrogens with zero attached hydrogens (tertiary/aromatic N) is 1. The molecule has 29 heavy (non-hydrogen) atoms. The molecule has 0 saturated carbocycles. The summed E-state index contributed by atoms with van der Waals surface area (Å²) in [6.45, 7) is 12.5. The number of carbonyl (C=O) groups is 1. The topological polar surface area (TPSA) is 74.7 Å². The first-order valence-corrected chi connectivity index (χ1v) is 11.3. The Morgan fingerprint density at radius 1 is 0.897 bits per heavy atom. The van der Waals surface area contributed by atoms with E-state index < -0.39 is 16.2 Å². The first kappa shape index (κ1) is 23.1. The number of benzene rings is 2. The van der Waals surface area contributed by atoms with Crippen LogP contribution in [0.15, 0.2) is 42.5 Å². The van der Waals surface area contributed by atoms with Crippen LogP contribution in [0.5, 0.6) is 0 Å². The van der Waals surface area contributed by atoms with E-state index in [1.165, 1.54) is 17.7 Å². The molecule has 0 spiro atoms. The maximum atomic E-state index is 13.1. The summed E-state index contributed by atoms with van der Waals surface area (Å²) in [7, 11) is -4.74. The lowest BCUT2D eigenvalue weighted by Gasteiger charge is -2.25. The molecule has 0 atom stereocenters. The number of amides is 1. The molecule has 0 saturated heterocycles. The van der Waals surface area contributed by atoms with E-state index in [2.05, 4.69) is 53.7 Å². The average molecular weight is 418 g/mol. The minimum absolute atomic E-state index is 0.103. The number of anilines is 1. The van der Waals surface area contributed by atoms with Crippen LogP contribution in [0.2, 0.25) is 0 Å². The van der Waals surface area contributed by atoms with Crippen molar-refractivity contribution in [3.63, 3.8) is 0 Å². The van der Waals surface area contributed by atoms with Gasteiger partial charge in [-0.15, -0.1) is 0 Å². The third kappa shape index (κ3) is 5.46. The Morgan fingerprint density at radius 3 is 1.76 bits per heavy atom. The van der Waals surface area contributed by atoms with Crippen LogP contribution >= 0.6 is 0 Å². The summed E-state index contributed by atoms with van der Waals surface area (Å²) < 4.78 is 34.2. The van der Waals surface area contributed by atoms with Crippen molar-refractivity contribution in [3.8, 4) is 0 Å². The number of hydrogen-bond donors (Lipinski definition) is 1. The number of rotatable bonds is 7. The highest BCUT2D eigenvalue weighted by Crippen LogP contribution is 2.33. The Morgan fingerprint density at radius 2 is 1.38 bits per heavy atom. The van der Waals surface area contributed by atoms with Crippen molar-refractivity contribution in [2.24, 2.45) is 0 Å². The van der Waals surface area contributed by atoms with Gasteiger partial charge in [0, 0.05) is 0 Å². The molecular formula is C23H31NO4S. The van der Waals surface area contributed by atoms with E-state index in [9.17, 15) is 17.8 Å². The molecule has 0 aliphatic carbocycles. The summed E-state index contributed by atoms with van der Waals surface area (Å²) in [6.07, 6.45) is -0.103. The largest absolute Gasteiger partial charge is 0.366 e. The molecule has 0 aromatic heterocycles. The third-order valence-electron chi connectivity index (χ3n) is 5.03. The van der Waals surface area contributed by atoms with Gasteiger partial charge in [-0.3, -0.25) is 9.35 Å². The highest BCUT2D eigenvalue weighted by Gasteiger charge is 2.29. The SMILES string of the molecule is CC(C)c1cc(C(C)C)c(CC(=O)N(c2ccccc2)S(=O)(=O)O)c(C(C)C)c1. The van der Waals surface area contributed by atoms with Crippen molar-refractivity contribution in [1.82, 2.24) is 0 Å². The van der Waals surface area contributed by atoms with E-state index >= 15 is 0 Å². The number of para-hydroxylation sites is 1. The Labute approximate surface area is 174 Å². The summed E-state index contributed by atoms with van der Waals surface area (Å²) in [5.41, 5.74) is 4.24. The second-order valence-electron chi connectivity index (χ2n) is 8.29. The van der Waals surface area contributed by atoms with Crippen molar-refractivity contribution in [1.29, 1.82) is 0 Å². The standard InChI is InChI=1S/C23H31NO4S/c1-15(2)18-12-20(16(3)4)22(21(13-18)17(5)6)14-23(25)24(29(26,27)28)19-10-8-7-9-11-19/h7-13,15-17H,14H2,1-6H3,(H,26,27,28). The van der Waals surface area contributed by atoms with Gasteiger partial charge in [0.1, 0.15) is 0 Å². The second kappa shape index (κ2) is 9.09. The zero-order chi connectivity index (χ0) is 21.9. The van der Waals surface area contributed by atoms with Crippen molar-refractivity contribution in [2.75, 3.05) is 4.31 Å². The Balaban J connectivity index is 2.60. The predicted octanol–water partition coefficient (Wildman–Crippen LogP) is 5.44. The minimum atomic E-state index is -4.74. The molecule has 1 amide bonds. The minimum Gasteiger partial charge on any atom is -0.273 e. The van der Waals surface area contributed by atoms with Gasteiger partial charge in [-0.2, -0.15) is 12.7 Å². The van der Waals surface area contributed by atoms with E-state index in [-0.39, 0.29) is 23.9 Å².